The summed E-state index contributed by atoms with van der Waals surface area (Å²) >= 11 is 0. The lowest BCUT2D eigenvalue weighted by Gasteiger charge is -2.00. The molecule has 0 fully saturated rings. The summed E-state index contributed by atoms with van der Waals surface area (Å²) in [7, 11) is 0. The van der Waals surface area contributed by atoms with Crippen molar-refractivity contribution in [2.24, 2.45) is 0 Å². The van der Waals surface area contributed by atoms with Gasteiger partial charge in [0.2, 0.25) is 0 Å². The standard InChI is InChI=1S/C12H10NO/c14-12-6-4-10(5-7-12)9-11-3-1-2-8-13-11/h1-7,14H,9H2. The second-order valence-corrected chi connectivity index (χ2v) is 3.10. The number of pyridine rings is 1. The third-order valence-electron chi connectivity index (χ3n) is 1.99. The highest BCUT2D eigenvalue weighted by Crippen LogP contribution is 2.12. The molecule has 1 aromatic carbocycles. The van der Waals surface area contributed by atoms with Crippen molar-refractivity contribution in [1.29, 1.82) is 0 Å². The van der Waals surface area contributed by atoms with Gasteiger partial charge < -0.3 is 5.11 Å². The summed E-state index contributed by atoms with van der Waals surface area (Å²) in [5, 5.41) is 9.10. The average Bonchev–Trinajstić information content (AvgIpc) is 2.23. The first-order valence-corrected chi connectivity index (χ1v) is 4.44. The van der Waals surface area contributed by atoms with E-state index in [-0.39, 0.29) is 0 Å². The van der Waals surface area contributed by atoms with Gasteiger partial charge in [-0.2, -0.15) is 0 Å². The average molecular weight is 184 g/mol. The Kier molecular flexibility index (Phi) is 2.45. The Hall–Kier alpha value is -1.83. The van der Waals surface area contributed by atoms with E-state index >= 15 is 0 Å². The van der Waals surface area contributed by atoms with Crippen molar-refractivity contribution in [2.75, 3.05) is 0 Å². The fourth-order valence-corrected chi connectivity index (χ4v) is 1.28. The van der Waals surface area contributed by atoms with Gasteiger partial charge in [-0.15, -0.1) is 0 Å². The predicted octanol–water partition coefficient (Wildman–Crippen LogP) is 2.18. The van der Waals surface area contributed by atoms with Gasteiger partial charge in [0.15, 0.2) is 0 Å². The molecule has 1 heterocycles. The number of hydrogen-bond acceptors (Lipinski definition) is 2. The number of aromatic hydroxyl groups is 1. The number of hydrogen-bond donors (Lipinski definition) is 1. The molecular weight excluding hydrogens is 174 g/mol. The number of aromatic nitrogens is 1. The van der Waals surface area contributed by atoms with Crippen molar-refractivity contribution in [1.82, 2.24) is 4.98 Å². The summed E-state index contributed by atoms with van der Waals surface area (Å²) in [5.74, 6) is 0.293. The van der Waals surface area contributed by atoms with Crippen LogP contribution in [-0.4, -0.2) is 10.1 Å². The number of rotatable bonds is 2. The molecule has 0 unspecified atom stereocenters. The molecule has 0 bridgehead atoms. The smallest absolute Gasteiger partial charge is 0.115 e. The van der Waals surface area contributed by atoms with Gasteiger partial charge in [0, 0.05) is 12.1 Å². The van der Waals surface area contributed by atoms with Crippen LogP contribution in [0.5, 0.6) is 5.75 Å². The molecule has 0 aliphatic heterocycles. The zero-order chi connectivity index (χ0) is 9.80. The monoisotopic (exact) mass is 184 g/mol. The molecule has 0 saturated carbocycles. The van der Waals surface area contributed by atoms with E-state index in [9.17, 15) is 0 Å². The van der Waals surface area contributed by atoms with Crippen LogP contribution in [0.1, 0.15) is 11.3 Å². The van der Waals surface area contributed by atoms with Crippen molar-refractivity contribution in [2.45, 2.75) is 6.42 Å². The molecule has 69 valence electrons. The second kappa shape index (κ2) is 3.92. The molecule has 2 aromatic rings. The van der Waals surface area contributed by atoms with Crippen LogP contribution in [0.4, 0.5) is 0 Å². The van der Waals surface area contributed by atoms with Gasteiger partial charge in [0.1, 0.15) is 5.75 Å². The Morgan fingerprint density at radius 3 is 2.57 bits per heavy atom. The zero-order valence-corrected chi connectivity index (χ0v) is 7.64. The highest BCUT2D eigenvalue weighted by atomic mass is 16.3. The van der Waals surface area contributed by atoms with Gasteiger partial charge in [-0.05, 0) is 29.8 Å². The number of nitrogens with zero attached hydrogens (tertiary/aromatic N) is 1. The summed E-state index contributed by atoms with van der Waals surface area (Å²) in [4.78, 5) is 4.11. The van der Waals surface area contributed by atoms with Gasteiger partial charge in [0.25, 0.3) is 0 Å². The first-order valence-electron chi connectivity index (χ1n) is 4.44. The summed E-state index contributed by atoms with van der Waals surface area (Å²) in [5.41, 5.74) is 2.12. The Balaban J connectivity index is 2.16. The summed E-state index contributed by atoms with van der Waals surface area (Å²) in [6.07, 6.45) is 3.57. The third kappa shape index (κ3) is 2.10. The van der Waals surface area contributed by atoms with Crippen LogP contribution in [0.25, 0.3) is 0 Å². The molecule has 0 aliphatic carbocycles. The maximum Gasteiger partial charge on any atom is 0.115 e. The van der Waals surface area contributed by atoms with Gasteiger partial charge in [0.05, 0.1) is 6.20 Å². The zero-order valence-electron chi connectivity index (χ0n) is 7.64. The third-order valence-corrected chi connectivity index (χ3v) is 1.99. The quantitative estimate of drug-likeness (QED) is 0.776. The maximum absolute atomic E-state index is 9.10. The minimum atomic E-state index is 0.293. The molecule has 0 saturated heterocycles. The lowest BCUT2D eigenvalue weighted by molar-refractivity contribution is 0.475. The van der Waals surface area contributed by atoms with E-state index in [4.69, 9.17) is 5.11 Å². The Labute approximate surface area is 82.9 Å². The van der Waals surface area contributed by atoms with Crippen LogP contribution in [0.2, 0.25) is 0 Å². The molecule has 2 nitrogen and oxygen atoms in total. The van der Waals surface area contributed by atoms with E-state index in [1.807, 2.05) is 24.3 Å². The van der Waals surface area contributed by atoms with Gasteiger partial charge in [-0.3, -0.25) is 4.98 Å². The minimum absolute atomic E-state index is 0.293. The van der Waals surface area contributed by atoms with E-state index in [2.05, 4.69) is 11.2 Å². The highest BCUT2D eigenvalue weighted by Gasteiger charge is 1.96. The van der Waals surface area contributed by atoms with Gasteiger partial charge >= 0.3 is 0 Å². The van der Waals surface area contributed by atoms with Crippen molar-refractivity contribution >= 4 is 0 Å². The summed E-state index contributed by atoms with van der Waals surface area (Å²) in [6.45, 7) is 0. The van der Waals surface area contributed by atoms with Crippen LogP contribution in [0.3, 0.4) is 0 Å². The van der Waals surface area contributed by atoms with Crippen molar-refractivity contribution in [3.63, 3.8) is 0 Å². The Morgan fingerprint density at radius 2 is 1.93 bits per heavy atom. The van der Waals surface area contributed by atoms with Crippen molar-refractivity contribution in [3.8, 4) is 5.75 Å². The van der Waals surface area contributed by atoms with E-state index in [1.165, 1.54) is 0 Å². The Morgan fingerprint density at radius 1 is 1.14 bits per heavy atom. The van der Waals surface area contributed by atoms with E-state index in [1.54, 1.807) is 18.2 Å². The molecular formula is C12H10NO. The molecule has 0 spiro atoms. The fraction of sp³-hybridized carbons (Fsp3) is 0.0833. The van der Waals surface area contributed by atoms with E-state index in [0.717, 1.165) is 17.7 Å². The van der Waals surface area contributed by atoms with Crippen LogP contribution in [-0.2, 0) is 6.42 Å². The van der Waals surface area contributed by atoms with Crippen LogP contribution < -0.4 is 0 Å². The molecule has 2 heteroatoms. The van der Waals surface area contributed by atoms with Crippen LogP contribution in [0.15, 0.2) is 42.5 Å². The number of phenolic OH excluding ortho intramolecular Hbond substituents is 1. The van der Waals surface area contributed by atoms with Crippen LogP contribution >= 0.6 is 0 Å². The minimum Gasteiger partial charge on any atom is -0.508 e. The lowest BCUT2D eigenvalue weighted by Crippen LogP contribution is -1.90. The molecule has 1 aromatic heterocycles. The first-order chi connectivity index (χ1) is 6.84. The van der Waals surface area contributed by atoms with E-state index in [0.29, 0.717) is 5.75 Å². The SMILES string of the molecule is Oc1ccc(Cc2ccc[c]n2)cc1. The summed E-state index contributed by atoms with van der Waals surface area (Å²) in [6, 6.07) is 12.8. The number of phenols is 1. The van der Waals surface area contributed by atoms with Crippen molar-refractivity contribution in [3.05, 3.63) is 59.9 Å². The molecule has 2 rings (SSSR count). The molecule has 1 N–H and O–H groups in total. The summed E-state index contributed by atoms with van der Waals surface area (Å²) < 4.78 is 0. The normalized spacial score (nSPS) is 10.0. The fourth-order valence-electron chi connectivity index (χ4n) is 1.28. The van der Waals surface area contributed by atoms with E-state index < -0.39 is 0 Å². The molecule has 14 heavy (non-hydrogen) atoms. The number of benzene rings is 1. The maximum atomic E-state index is 9.10. The highest BCUT2D eigenvalue weighted by molar-refractivity contribution is 5.28. The first kappa shape index (κ1) is 8.75. The van der Waals surface area contributed by atoms with Crippen molar-refractivity contribution < 1.29 is 5.11 Å². The topological polar surface area (TPSA) is 33.1 Å². The predicted molar refractivity (Wildman–Crippen MR) is 54.0 cm³/mol. The molecule has 0 atom stereocenters. The molecule has 0 amide bonds. The lowest BCUT2D eigenvalue weighted by atomic mass is 10.1. The molecule has 0 aliphatic rings. The van der Waals surface area contributed by atoms with Gasteiger partial charge in [-0.1, -0.05) is 18.2 Å². The second-order valence-electron chi connectivity index (χ2n) is 3.10. The largest absolute Gasteiger partial charge is 0.508 e. The molecule has 1 radical (unpaired) electrons. The van der Waals surface area contributed by atoms with Gasteiger partial charge in [-0.25, -0.2) is 0 Å². The Bertz CT molecular complexity index is 394. The van der Waals surface area contributed by atoms with Crippen LogP contribution in [0, 0.1) is 6.20 Å².